The number of benzene rings is 1. The average Bonchev–Trinajstić information content (AvgIpc) is 2.80. The Morgan fingerprint density at radius 3 is 2.81 bits per heavy atom. The van der Waals surface area contributed by atoms with Crippen LogP contribution in [0, 0.1) is 5.92 Å². The monoisotopic (exact) mass is 309 g/mol. The lowest BCUT2D eigenvalue weighted by Crippen LogP contribution is -2.46. The number of nitrogen functional groups attached to an aromatic ring is 1. The number of nitrogens with one attached hydrogen (secondary N) is 1. The van der Waals surface area contributed by atoms with Crippen LogP contribution in [0.25, 0.3) is 0 Å². The third-order valence-electron chi connectivity index (χ3n) is 4.34. The van der Waals surface area contributed by atoms with Crippen LogP contribution in [0.5, 0.6) is 0 Å². The predicted molar refractivity (Wildman–Crippen MR) is 80.8 cm³/mol. The highest BCUT2D eigenvalue weighted by Gasteiger charge is 2.41. The van der Waals surface area contributed by atoms with Crippen LogP contribution >= 0.6 is 0 Å². The van der Waals surface area contributed by atoms with E-state index in [0.717, 1.165) is 31.3 Å². The third-order valence-corrected chi connectivity index (χ3v) is 5.45. The number of rotatable bonds is 2. The van der Waals surface area contributed by atoms with Gasteiger partial charge in [0.1, 0.15) is 0 Å². The molecular weight excluding hydrogens is 290 g/mol. The second-order valence-corrected chi connectivity index (χ2v) is 7.76. The molecule has 1 aromatic carbocycles. The van der Waals surface area contributed by atoms with Crippen LogP contribution in [0.3, 0.4) is 0 Å². The molecule has 6 nitrogen and oxygen atoms in total. The van der Waals surface area contributed by atoms with E-state index in [1.54, 1.807) is 12.1 Å². The largest absolute Gasteiger partial charge is 0.397 e. The minimum absolute atomic E-state index is 0.00716. The number of anilines is 2. The van der Waals surface area contributed by atoms with E-state index in [-0.39, 0.29) is 22.8 Å². The highest BCUT2D eigenvalue weighted by atomic mass is 32.2. The number of sulfone groups is 1. The molecule has 1 amide bonds. The van der Waals surface area contributed by atoms with Crippen molar-refractivity contribution < 1.29 is 13.2 Å². The number of hydrogen-bond acceptors (Lipinski definition) is 5. The Hall–Kier alpha value is -1.76. The Balaban J connectivity index is 1.95. The van der Waals surface area contributed by atoms with Crippen molar-refractivity contribution in [2.24, 2.45) is 5.92 Å². The number of fused-ring (bicyclic) bond motifs is 1. The summed E-state index contributed by atoms with van der Waals surface area (Å²) in [5.74, 6) is 0.115. The fourth-order valence-corrected chi connectivity index (χ4v) is 3.93. The number of nitrogens with zero attached hydrogens (tertiary/aromatic N) is 1. The van der Waals surface area contributed by atoms with Crippen LogP contribution in [0.15, 0.2) is 23.1 Å². The molecule has 2 atom stereocenters. The molecule has 2 fully saturated rings. The summed E-state index contributed by atoms with van der Waals surface area (Å²) in [5.41, 5.74) is 7.31. The zero-order valence-electron chi connectivity index (χ0n) is 11.9. The van der Waals surface area contributed by atoms with Gasteiger partial charge in [0.05, 0.1) is 28.2 Å². The van der Waals surface area contributed by atoms with Crippen LogP contribution in [0.2, 0.25) is 0 Å². The van der Waals surface area contributed by atoms with E-state index in [1.165, 1.54) is 6.07 Å². The lowest BCUT2D eigenvalue weighted by molar-refractivity contribution is -0.122. The number of carbonyl (C=O) groups is 1. The van der Waals surface area contributed by atoms with Gasteiger partial charge in [-0.25, -0.2) is 8.42 Å². The fraction of sp³-hybridized carbons (Fsp3) is 0.500. The van der Waals surface area contributed by atoms with Crippen LogP contribution < -0.4 is 16.0 Å². The molecule has 7 heteroatoms. The molecule has 0 saturated carbocycles. The van der Waals surface area contributed by atoms with Crippen molar-refractivity contribution in [3.63, 3.8) is 0 Å². The Morgan fingerprint density at radius 2 is 2.14 bits per heavy atom. The Kier molecular flexibility index (Phi) is 3.32. The summed E-state index contributed by atoms with van der Waals surface area (Å²) in [7, 11) is -3.26. The molecule has 0 spiro atoms. The number of amides is 1. The number of carbonyl (C=O) groups excluding carboxylic acids is 1. The van der Waals surface area contributed by atoms with E-state index in [2.05, 4.69) is 10.2 Å². The maximum Gasteiger partial charge on any atom is 0.225 e. The van der Waals surface area contributed by atoms with Crippen LogP contribution in [0.1, 0.15) is 12.8 Å². The molecule has 2 unspecified atom stereocenters. The van der Waals surface area contributed by atoms with Crippen molar-refractivity contribution >= 4 is 27.1 Å². The van der Waals surface area contributed by atoms with Gasteiger partial charge in [-0.3, -0.25) is 4.79 Å². The first-order chi connectivity index (χ1) is 9.88. The van der Waals surface area contributed by atoms with E-state index in [9.17, 15) is 13.2 Å². The zero-order valence-corrected chi connectivity index (χ0v) is 12.7. The van der Waals surface area contributed by atoms with E-state index in [0.29, 0.717) is 12.2 Å². The molecule has 2 saturated heterocycles. The maximum absolute atomic E-state index is 11.8. The van der Waals surface area contributed by atoms with Gasteiger partial charge in [0.15, 0.2) is 9.84 Å². The first kappa shape index (κ1) is 14.2. The van der Waals surface area contributed by atoms with E-state index < -0.39 is 9.84 Å². The van der Waals surface area contributed by atoms with Gasteiger partial charge in [0.2, 0.25) is 5.91 Å². The second kappa shape index (κ2) is 4.91. The topological polar surface area (TPSA) is 92.5 Å². The first-order valence-corrected chi connectivity index (χ1v) is 8.91. The van der Waals surface area contributed by atoms with E-state index in [1.807, 2.05) is 0 Å². The van der Waals surface area contributed by atoms with Crippen LogP contribution in [-0.4, -0.2) is 39.7 Å². The molecule has 3 N–H and O–H groups in total. The van der Waals surface area contributed by atoms with E-state index in [4.69, 9.17) is 5.73 Å². The van der Waals surface area contributed by atoms with Crippen molar-refractivity contribution in [1.82, 2.24) is 5.32 Å². The molecule has 0 aromatic heterocycles. The Bertz CT molecular complexity index is 687. The summed E-state index contributed by atoms with van der Waals surface area (Å²) in [4.78, 5) is 14.2. The summed E-state index contributed by atoms with van der Waals surface area (Å²) in [6, 6.07) is 4.93. The molecule has 2 aliphatic heterocycles. The second-order valence-electron chi connectivity index (χ2n) is 5.75. The summed E-state index contributed by atoms with van der Waals surface area (Å²) in [5, 5.41) is 2.90. The molecule has 2 heterocycles. The molecule has 1 aromatic rings. The average molecular weight is 309 g/mol. The van der Waals surface area contributed by atoms with Gasteiger partial charge >= 0.3 is 0 Å². The summed E-state index contributed by atoms with van der Waals surface area (Å²) in [6.07, 6.45) is 2.99. The van der Waals surface area contributed by atoms with Gasteiger partial charge in [0.25, 0.3) is 0 Å². The van der Waals surface area contributed by atoms with Crippen LogP contribution in [0.4, 0.5) is 11.4 Å². The van der Waals surface area contributed by atoms with Crippen molar-refractivity contribution in [2.45, 2.75) is 23.8 Å². The van der Waals surface area contributed by atoms with Crippen molar-refractivity contribution in [2.75, 3.05) is 30.0 Å². The standard InChI is InChI=1S/C14H19N3O3S/c1-21(19,20)9-4-5-12(11(15)7-9)17-6-2-3-10-13(17)8-16-14(10)18/h4-5,7,10,13H,2-3,6,8,15H2,1H3,(H,16,18). The molecule has 0 bridgehead atoms. The van der Waals surface area contributed by atoms with E-state index >= 15 is 0 Å². The Morgan fingerprint density at radius 1 is 1.38 bits per heavy atom. The number of piperidine rings is 1. The number of hydrogen-bond donors (Lipinski definition) is 2. The highest BCUT2D eigenvalue weighted by molar-refractivity contribution is 7.90. The zero-order chi connectivity index (χ0) is 15.2. The minimum Gasteiger partial charge on any atom is -0.397 e. The molecule has 0 aliphatic carbocycles. The maximum atomic E-state index is 11.8. The lowest BCUT2D eigenvalue weighted by Gasteiger charge is -2.38. The predicted octanol–water partition coefficient (Wildman–Crippen LogP) is 0.387. The molecule has 2 aliphatic rings. The smallest absolute Gasteiger partial charge is 0.225 e. The van der Waals surface area contributed by atoms with Gasteiger partial charge in [-0.1, -0.05) is 0 Å². The summed E-state index contributed by atoms with van der Waals surface area (Å²) >= 11 is 0. The molecular formula is C14H19N3O3S. The summed E-state index contributed by atoms with van der Waals surface area (Å²) < 4.78 is 23.1. The minimum atomic E-state index is -3.26. The third kappa shape index (κ3) is 2.46. The molecule has 21 heavy (non-hydrogen) atoms. The molecule has 114 valence electrons. The van der Waals surface area contributed by atoms with Gasteiger partial charge in [-0.15, -0.1) is 0 Å². The molecule has 0 radical (unpaired) electrons. The first-order valence-electron chi connectivity index (χ1n) is 7.02. The van der Waals surface area contributed by atoms with Gasteiger partial charge < -0.3 is 16.0 Å². The van der Waals surface area contributed by atoms with Gasteiger partial charge in [-0.05, 0) is 31.0 Å². The fourth-order valence-electron chi connectivity index (χ4n) is 3.28. The van der Waals surface area contributed by atoms with Crippen molar-refractivity contribution in [3.05, 3.63) is 18.2 Å². The summed E-state index contributed by atoms with van der Waals surface area (Å²) in [6.45, 7) is 1.45. The van der Waals surface area contributed by atoms with Gasteiger partial charge in [-0.2, -0.15) is 0 Å². The number of nitrogens with two attached hydrogens (primary N) is 1. The van der Waals surface area contributed by atoms with Crippen LogP contribution in [-0.2, 0) is 14.6 Å². The lowest BCUT2D eigenvalue weighted by atomic mass is 9.91. The van der Waals surface area contributed by atoms with Crippen molar-refractivity contribution in [1.29, 1.82) is 0 Å². The Labute approximate surface area is 124 Å². The highest BCUT2D eigenvalue weighted by Crippen LogP contribution is 2.35. The molecule has 3 rings (SSSR count). The normalized spacial score (nSPS) is 25.6. The SMILES string of the molecule is CS(=O)(=O)c1ccc(N2CCCC3C(=O)NCC32)c(N)c1. The quantitative estimate of drug-likeness (QED) is 0.771. The van der Waals surface area contributed by atoms with Gasteiger partial charge in [0, 0.05) is 19.3 Å². The van der Waals surface area contributed by atoms with Crippen molar-refractivity contribution in [3.8, 4) is 0 Å².